The molecule has 5 heteroatoms. The summed E-state index contributed by atoms with van der Waals surface area (Å²) in [4.78, 5) is 22.7. The topological polar surface area (TPSA) is 58.7 Å². The maximum atomic E-state index is 11.6. The number of rotatable bonds is 7. The zero-order chi connectivity index (χ0) is 12.7. The summed E-state index contributed by atoms with van der Waals surface area (Å²) in [6.45, 7) is 1.97. The first-order valence-corrected chi connectivity index (χ1v) is 6.63. The molecule has 0 aromatic heterocycles. The lowest BCUT2D eigenvalue weighted by atomic mass is 10.1. The van der Waals surface area contributed by atoms with Crippen molar-refractivity contribution in [2.24, 2.45) is 0 Å². The molecule has 1 saturated heterocycles. The zero-order valence-electron chi connectivity index (χ0n) is 9.69. The highest BCUT2D eigenvalue weighted by atomic mass is 127. The summed E-state index contributed by atoms with van der Waals surface area (Å²) in [6, 6.07) is 0. The van der Waals surface area contributed by atoms with Crippen LogP contribution in [0.4, 0.5) is 0 Å². The van der Waals surface area contributed by atoms with Crippen molar-refractivity contribution in [2.75, 3.05) is 0 Å². The number of hydrogen-bond acceptors (Lipinski definition) is 3. The van der Waals surface area contributed by atoms with Gasteiger partial charge in [-0.1, -0.05) is 24.3 Å². The number of epoxide rings is 1. The predicted molar refractivity (Wildman–Crippen MR) is 73.6 cm³/mol. The number of Topliss-reactive ketones (excluding diaryl/α,β-unsaturated/α-hetero) is 1. The Morgan fingerprint density at radius 2 is 2.06 bits per heavy atom. The minimum Gasteiger partial charge on any atom is -0.351 e. The number of nitrogens with one attached hydrogen (secondary N) is 1. The lowest BCUT2D eigenvalue weighted by Crippen LogP contribution is -2.23. The molecule has 0 radical (unpaired) electrons. The maximum absolute atomic E-state index is 11.6. The first-order chi connectivity index (χ1) is 8.20. The number of amides is 1. The van der Waals surface area contributed by atoms with Crippen molar-refractivity contribution in [1.29, 1.82) is 0 Å². The third-order valence-electron chi connectivity index (χ3n) is 2.39. The molecule has 94 valence electrons. The van der Waals surface area contributed by atoms with Gasteiger partial charge in [0, 0.05) is 6.42 Å². The molecule has 0 saturated carbocycles. The average Bonchev–Trinajstić information content (AvgIpc) is 3.12. The maximum Gasteiger partial charge on any atom is 0.260 e. The van der Waals surface area contributed by atoms with Gasteiger partial charge in [0.05, 0.1) is 22.9 Å². The van der Waals surface area contributed by atoms with E-state index in [1.54, 1.807) is 22.9 Å². The van der Waals surface area contributed by atoms with Gasteiger partial charge in [0.15, 0.2) is 18.0 Å². The fourth-order valence-electron chi connectivity index (χ4n) is 1.41. The van der Waals surface area contributed by atoms with E-state index in [-0.39, 0.29) is 11.7 Å². The zero-order valence-corrected chi connectivity index (χ0v) is 11.8. The molecule has 1 rings (SSSR count). The molecule has 1 fully saturated rings. The van der Waals surface area contributed by atoms with Crippen LogP contribution in [0.5, 0.6) is 0 Å². The van der Waals surface area contributed by atoms with Crippen LogP contribution in [0.2, 0.25) is 0 Å². The molecule has 0 aromatic carbocycles. The summed E-state index contributed by atoms with van der Waals surface area (Å²) in [7, 11) is 0. The first kappa shape index (κ1) is 14.4. The molecule has 0 aliphatic carbocycles. The van der Waals surface area contributed by atoms with Gasteiger partial charge in [-0.05, 0) is 19.8 Å². The van der Waals surface area contributed by atoms with Crippen LogP contribution in [0.25, 0.3) is 0 Å². The molecule has 1 heterocycles. The quantitative estimate of drug-likeness (QED) is 0.331. The van der Waals surface area contributed by atoms with E-state index in [4.69, 9.17) is 4.74 Å². The monoisotopic (exact) mass is 349 g/mol. The van der Waals surface area contributed by atoms with Crippen LogP contribution >= 0.6 is 22.9 Å². The van der Waals surface area contributed by atoms with E-state index in [0.29, 0.717) is 12.8 Å². The minimum atomic E-state index is -0.564. The second-order valence-electron chi connectivity index (χ2n) is 3.72. The fraction of sp³-hybridized carbons (Fsp3) is 0.500. The Hall–Kier alpha value is -0.690. The van der Waals surface area contributed by atoms with Gasteiger partial charge in [-0.3, -0.25) is 13.1 Å². The van der Waals surface area contributed by atoms with Gasteiger partial charge in [-0.2, -0.15) is 0 Å². The van der Waals surface area contributed by atoms with Crippen LogP contribution in [0.1, 0.15) is 26.2 Å². The summed E-state index contributed by atoms with van der Waals surface area (Å²) >= 11 is 1.74. The Labute approximate surface area is 115 Å². The molecular weight excluding hydrogens is 333 g/mol. The van der Waals surface area contributed by atoms with Crippen molar-refractivity contribution in [1.82, 2.24) is 3.53 Å². The van der Waals surface area contributed by atoms with Crippen LogP contribution in [-0.2, 0) is 14.3 Å². The van der Waals surface area contributed by atoms with E-state index in [9.17, 15) is 9.59 Å². The highest BCUT2D eigenvalue weighted by Gasteiger charge is 2.49. The van der Waals surface area contributed by atoms with Crippen molar-refractivity contribution in [2.45, 2.75) is 38.4 Å². The third-order valence-corrected chi connectivity index (χ3v) is 2.92. The van der Waals surface area contributed by atoms with Gasteiger partial charge in [-0.15, -0.1) is 0 Å². The summed E-state index contributed by atoms with van der Waals surface area (Å²) in [5.41, 5.74) is 0. The Morgan fingerprint density at radius 3 is 2.71 bits per heavy atom. The van der Waals surface area contributed by atoms with E-state index < -0.39 is 12.2 Å². The molecule has 1 aliphatic rings. The van der Waals surface area contributed by atoms with Crippen LogP contribution < -0.4 is 3.53 Å². The molecule has 0 aromatic rings. The lowest BCUT2D eigenvalue weighted by Gasteiger charge is -1.93. The van der Waals surface area contributed by atoms with Crippen LogP contribution in [0, 0.1) is 0 Å². The van der Waals surface area contributed by atoms with E-state index in [0.717, 1.165) is 6.42 Å². The molecule has 1 amide bonds. The number of hydrogen-bond donors (Lipinski definition) is 1. The Kier molecular flexibility index (Phi) is 6.43. The van der Waals surface area contributed by atoms with Gasteiger partial charge >= 0.3 is 0 Å². The summed E-state index contributed by atoms with van der Waals surface area (Å²) in [5.74, 6) is -0.224. The highest BCUT2D eigenvalue weighted by molar-refractivity contribution is 14.1. The van der Waals surface area contributed by atoms with Gasteiger partial charge < -0.3 is 4.74 Å². The molecule has 0 bridgehead atoms. The summed E-state index contributed by atoms with van der Waals surface area (Å²) in [5, 5.41) is 0. The summed E-state index contributed by atoms with van der Waals surface area (Å²) in [6.07, 6.45) is 8.98. The second kappa shape index (κ2) is 7.60. The van der Waals surface area contributed by atoms with Crippen LogP contribution in [0.3, 0.4) is 0 Å². The SMILES string of the molecule is C/C=C/C/C=C/CCC(=O)[C@H]1O[C@H]1C(=O)NI. The number of ketones is 1. The smallest absolute Gasteiger partial charge is 0.260 e. The van der Waals surface area contributed by atoms with E-state index in [2.05, 4.69) is 3.53 Å². The van der Waals surface area contributed by atoms with Crippen LogP contribution in [0.15, 0.2) is 24.3 Å². The minimum absolute atomic E-state index is 0.00526. The molecule has 4 nitrogen and oxygen atoms in total. The second-order valence-corrected chi connectivity index (χ2v) is 4.26. The third kappa shape index (κ3) is 4.99. The lowest BCUT2D eigenvalue weighted by molar-refractivity contribution is -0.122. The van der Waals surface area contributed by atoms with Crippen molar-refractivity contribution in [3.05, 3.63) is 24.3 Å². The van der Waals surface area contributed by atoms with Gasteiger partial charge in [0.1, 0.15) is 0 Å². The fourth-order valence-corrected chi connectivity index (χ4v) is 1.71. The largest absolute Gasteiger partial charge is 0.351 e. The highest BCUT2D eigenvalue weighted by Crippen LogP contribution is 2.25. The van der Waals surface area contributed by atoms with E-state index in [1.807, 2.05) is 31.2 Å². The Balaban J connectivity index is 2.15. The molecule has 17 heavy (non-hydrogen) atoms. The van der Waals surface area contributed by atoms with E-state index >= 15 is 0 Å². The Bertz CT molecular complexity index is 339. The molecule has 1 N–H and O–H groups in total. The number of carbonyl (C=O) groups is 2. The number of allylic oxidation sites excluding steroid dienone is 4. The Morgan fingerprint density at radius 1 is 1.29 bits per heavy atom. The molecule has 0 unspecified atom stereocenters. The standard InChI is InChI=1S/C12H16INO3/c1-2-3-4-5-6-7-8-9(15)10-11(17-10)12(16)14-13/h2-3,5-6,10-11H,4,7-8H2,1H3,(H,14,16)/b3-2+,6-5+/t10-,11-/m1/s1. The van der Waals surface area contributed by atoms with Gasteiger partial charge in [0.2, 0.25) is 0 Å². The predicted octanol–water partition coefficient (Wildman–Crippen LogP) is 2.09. The summed E-state index contributed by atoms with van der Waals surface area (Å²) < 4.78 is 7.46. The average molecular weight is 349 g/mol. The first-order valence-electron chi connectivity index (χ1n) is 5.55. The van der Waals surface area contributed by atoms with Crippen molar-refractivity contribution in [3.63, 3.8) is 0 Å². The van der Waals surface area contributed by atoms with Gasteiger partial charge in [-0.25, -0.2) is 0 Å². The number of carbonyl (C=O) groups excluding carboxylic acids is 2. The van der Waals surface area contributed by atoms with E-state index in [1.165, 1.54) is 0 Å². The number of halogens is 1. The normalized spacial score (nSPS) is 23.2. The molecule has 1 aliphatic heterocycles. The van der Waals surface area contributed by atoms with Crippen molar-refractivity contribution < 1.29 is 14.3 Å². The van der Waals surface area contributed by atoms with Crippen molar-refractivity contribution >= 4 is 34.6 Å². The molecular formula is C12H16INO3. The van der Waals surface area contributed by atoms with Gasteiger partial charge in [0.25, 0.3) is 5.91 Å². The number of ether oxygens (including phenoxy) is 1. The molecule has 2 atom stereocenters. The van der Waals surface area contributed by atoms with Crippen LogP contribution in [-0.4, -0.2) is 23.9 Å². The van der Waals surface area contributed by atoms with Crippen molar-refractivity contribution in [3.8, 4) is 0 Å². The molecule has 0 spiro atoms.